The maximum absolute atomic E-state index is 13.9. The highest BCUT2D eigenvalue weighted by Gasteiger charge is 2.56. The number of hydrogen-bond acceptors (Lipinski definition) is 5. The molecule has 2 aliphatic heterocycles. The molecule has 0 saturated carbocycles. The Morgan fingerprint density at radius 3 is 2.25 bits per heavy atom. The molecule has 180 valence electrons. The van der Waals surface area contributed by atoms with Crippen LogP contribution >= 0.6 is 50.6 Å². The molecule has 4 aromatic rings. The van der Waals surface area contributed by atoms with Crippen molar-refractivity contribution >= 4 is 68.1 Å². The lowest BCUT2D eigenvalue weighted by molar-refractivity contribution is -0.122. The standard InChI is InChI=1S/C27H18BrClN2O3S2/c28-17-8-12-19(13-9-17)31-24(32)21-20(16-6-10-18(29)11-7-16)23-26(35-22(21)25(31)33)30(27(34)36-23)14-15-4-2-1-3-5-15/h1-13,20-22H,14H2/t20-,21+,22+/m0/s1. The van der Waals surface area contributed by atoms with Crippen LogP contribution in [0.3, 0.4) is 0 Å². The number of carbonyl (C=O) groups excluding carboxylic acids is 2. The first kappa shape index (κ1) is 23.7. The van der Waals surface area contributed by atoms with Crippen molar-refractivity contribution in [1.82, 2.24) is 4.57 Å². The number of carbonyl (C=O) groups is 2. The molecule has 0 bridgehead atoms. The van der Waals surface area contributed by atoms with E-state index in [1.807, 2.05) is 54.6 Å². The van der Waals surface area contributed by atoms with Crippen LogP contribution < -0.4 is 9.77 Å². The fourth-order valence-electron chi connectivity index (χ4n) is 4.90. The summed E-state index contributed by atoms with van der Waals surface area (Å²) in [5.74, 6) is -1.55. The summed E-state index contributed by atoms with van der Waals surface area (Å²) in [5, 5.41) is 0.708. The molecular formula is C27H18BrClN2O3S2. The number of imide groups is 1. The maximum atomic E-state index is 13.9. The number of benzene rings is 3. The first-order valence-corrected chi connectivity index (χ1v) is 14.1. The molecule has 3 aromatic carbocycles. The van der Waals surface area contributed by atoms with E-state index in [2.05, 4.69) is 15.9 Å². The Labute approximate surface area is 228 Å². The topological polar surface area (TPSA) is 59.4 Å². The average Bonchev–Trinajstić information content (AvgIpc) is 3.32. The molecule has 0 aliphatic carbocycles. The Hall–Kier alpha value is -2.65. The SMILES string of the molecule is O=C1[C@@H]2[C@H](c3ccc(Cl)cc3)c3sc(=O)n(Cc4ccccc4)c3S[C@H]2C(=O)N1c1ccc(Br)cc1. The molecule has 0 radical (unpaired) electrons. The largest absolute Gasteiger partial charge is 0.308 e. The van der Waals surface area contributed by atoms with Crippen LogP contribution in [0.15, 0.2) is 93.2 Å². The minimum atomic E-state index is -0.634. The Morgan fingerprint density at radius 2 is 1.56 bits per heavy atom. The molecule has 6 rings (SSSR count). The van der Waals surface area contributed by atoms with Crippen molar-refractivity contribution in [1.29, 1.82) is 0 Å². The van der Waals surface area contributed by atoms with Crippen LogP contribution in [-0.4, -0.2) is 21.6 Å². The number of anilines is 1. The monoisotopic (exact) mass is 596 g/mol. The molecule has 1 saturated heterocycles. The Morgan fingerprint density at radius 1 is 0.861 bits per heavy atom. The van der Waals surface area contributed by atoms with E-state index in [1.54, 1.807) is 28.8 Å². The van der Waals surface area contributed by atoms with E-state index in [0.717, 1.165) is 36.8 Å². The number of aromatic nitrogens is 1. The Kier molecular flexibility index (Phi) is 6.16. The lowest BCUT2D eigenvalue weighted by Crippen LogP contribution is -2.32. The first-order chi connectivity index (χ1) is 17.4. The van der Waals surface area contributed by atoms with Crippen LogP contribution in [-0.2, 0) is 16.1 Å². The fraction of sp³-hybridized carbons (Fsp3) is 0.148. The molecule has 1 aromatic heterocycles. The number of amides is 2. The lowest BCUT2D eigenvalue weighted by Gasteiger charge is -2.30. The molecule has 5 nitrogen and oxygen atoms in total. The van der Waals surface area contributed by atoms with Crippen molar-refractivity contribution in [2.24, 2.45) is 5.92 Å². The van der Waals surface area contributed by atoms with Gasteiger partial charge in [0, 0.05) is 20.3 Å². The smallest absolute Gasteiger partial charge is 0.289 e. The molecule has 3 atom stereocenters. The van der Waals surface area contributed by atoms with Crippen molar-refractivity contribution in [3.05, 3.63) is 114 Å². The first-order valence-electron chi connectivity index (χ1n) is 11.3. The second-order valence-corrected chi connectivity index (χ2v) is 12.2. The fourth-order valence-corrected chi connectivity index (χ4v) is 8.06. The van der Waals surface area contributed by atoms with Gasteiger partial charge in [-0.05, 0) is 47.5 Å². The molecular weight excluding hydrogens is 580 g/mol. The van der Waals surface area contributed by atoms with Crippen molar-refractivity contribution in [2.75, 3.05) is 4.90 Å². The van der Waals surface area contributed by atoms with Crippen LogP contribution in [0.2, 0.25) is 5.02 Å². The molecule has 9 heteroatoms. The summed E-state index contributed by atoms with van der Waals surface area (Å²) < 4.78 is 2.60. The van der Waals surface area contributed by atoms with Gasteiger partial charge in [-0.15, -0.1) is 0 Å². The summed E-state index contributed by atoms with van der Waals surface area (Å²) in [6.45, 7) is 0.405. The van der Waals surface area contributed by atoms with Crippen LogP contribution in [0.4, 0.5) is 5.69 Å². The zero-order chi connectivity index (χ0) is 25.0. The van der Waals surface area contributed by atoms with E-state index in [0.29, 0.717) is 17.3 Å². The minimum Gasteiger partial charge on any atom is -0.289 e. The lowest BCUT2D eigenvalue weighted by atomic mass is 9.83. The average molecular weight is 598 g/mol. The highest BCUT2D eigenvalue weighted by molar-refractivity contribution is 9.10. The zero-order valence-electron chi connectivity index (χ0n) is 18.6. The van der Waals surface area contributed by atoms with E-state index < -0.39 is 17.1 Å². The summed E-state index contributed by atoms with van der Waals surface area (Å²) in [7, 11) is 0. The van der Waals surface area contributed by atoms with Gasteiger partial charge in [-0.25, -0.2) is 4.90 Å². The van der Waals surface area contributed by atoms with Crippen LogP contribution in [0.25, 0.3) is 0 Å². The van der Waals surface area contributed by atoms with Crippen LogP contribution in [0.1, 0.15) is 21.9 Å². The van der Waals surface area contributed by atoms with Gasteiger partial charge in [-0.3, -0.25) is 19.0 Å². The number of thioether (sulfide) groups is 1. The number of halogens is 2. The molecule has 0 spiro atoms. The second kappa shape index (κ2) is 9.34. The second-order valence-electron chi connectivity index (χ2n) is 8.69. The van der Waals surface area contributed by atoms with E-state index >= 15 is 0 Å². The molecule has 36 heavy (non-hydrogen) atoms. The quantitative estimate of drug-likeness (QED) is 0.264. The van der Waals surface area contributed by atoms with Crippen LogP contribution in [0, 0.1) is 5.92 Å². The van der Waals surface area contributed by atoms with Gasteiger partial charge in [0.05, 0.1) is 23.2 Å². The Balaban J connectivity index is 1.49. The molecule has 2 aliphatic rings. The molecule has 3 heterocycles. The number of nitrogens with zero attached hydrogens (tertiary/aromatic N) is 2. The number of fused-ring (bicyclic) bond motifs is 2. The van der Waals surface area contributed by atoms with Crippen molar-refractivity contribution in [3.63, 3.8) is 0 Å². The number of hydrogen-bond donors (Lipinski definition) is 0. The van der Waals surface area contributed by atoms with Crippen molar-refractivity contribution in [2.45, 2.75) is 22.7 Å². The molecule has 1 fully saturated rings. The van der Waals surface area contributed by atoms with E-state index in [9.17, 15) is 14.4 Å². The third kappa shape index (κ3) is 3.96. The summed E-state index contributed by atoms with van der Waals surface area (Å²) in [4.78, 5) is 42.8. The number of thiazole rings is 1. The molecule has 2 amide bonds. The van der Waals surface area contributed by atoms with E-state index in [4.69, 9.17) is 11.6 Å². The summed E-state index contributed by atoms with van der Waals surface area (Å²) in [6.07, 6.45) is 0. The summed E-state index contributed by atoms with van der Waals surface area (Å²) in [6, 6.07) is 24.3. The molecule has 0 unspecified atom stereocenters. The maximum Gasteiger partial charge on any atom is 0.308 e. The van der Waals surface area contributed by atoms with Gasteiger partial charge in [0.15, 0.2) is 0 Å². The molecule has 0 N–H and O–H groups in total. The van der Waals surface area contributed by atoms with Crippen molar-refractivity contribution < 1.29 is 9.59 Å². The van der Waals surface area contributed by atoms with Gasteiger partial charge < -0.3 is 0 Å². The number of rotatable bonds is 4. The van der Waals surface area contributed by atoms with Gasteiger partial charge in [-0.2, -0.15) is 0 Å². The van der Waals surface area contributed by atoms with Crippen molar-refractivity contribution in [3.8, 4) is 0 Å². The zero-order valence-corrected chi connectivity index (χ0v) is 22.6. The minimum absolute atomic E-state index is 0.0973. The highest BCUT2D eigenvalue weighted by Crippen LogP contribution is 2.54. The van der Waals surface area contributed by atoms with E-state index in [-0.39, 0.29) is 16.7 Å². The Bertz CT molecular complexity index is 1530. The van der Waals surface area contributed by atoms with Gasteiger partial charge in [0.1, 0.15) is 5.25 Å². The highest BCUT2D eigenvalue weighted by atomic mass is 79.9. The van der Waals surface area contributed by atoms with Gasteiger partial charge in [-0.1, -0.05) is 93.1 Å². The van der Waals surface area contributed by atoms with Gasteiger partial charge >= 0.3 is 4.87 Å². The predicted octanol–water partition coefficient (Wildman–Crippen LogP) is 6.17. The third-order valence-corrected chi connectivity index (χ3v) is 9.93. The predicted molar refractivity (Wildman–Crippen MR) is 147 cm³/mol. The summed E-state index contributed by atoms with van der Waals surface area (Å²) >= 11 is 12.1. The third-order valence-electron chi connectivity index (χ3n) is 6.55. The van der Waals surface area contributed by atoms with Gasteiger partial charge in [0.25, 0.3) is 0 Å². The van der Waals surface area contributed by atoms with E-state index in [1.165, 1.54) is 16.7 Å². The normalized spacial score (nSPS) is 20.9. The summed E-state index contributed by atoms with van der Waals surface area (Å²) in [5.41, 5.74) is 2.40. The van der Waals surface area contributed by atoms with Gasteiger partial charge in [0.2, 0.25) is 11.8 Å². The van der Waals surface area contributed by atoms with Crippen LogP contribution in [0.5, 0.6) is 0 Å².